The Morgan fingerprint density at radius 1 is 1.32 bits per heavy atom. The molecule has 0 aliphatic carbocycles. The zero-order chi connectivity index (χ0) is 18.1. The maximum absolute atomic E-state index is 12.6. The van der Waals surface area contributed by atoms with E-state index in [1.807, 2.05) is 13.0 Å². The molecule has 1 aliphatic heterocycles. The van der Waals surface area contributed by atoms with Crippen LogP contribution >= 0.6 is 12.2 Å². The molecular formula is C18H14N2O4S. The van der Waals surface area contributed by atoms with Crippen molar-refractivity contribution >= 4 is 46.2 Å². The van der Waals surface area contributed by atoms with Crippen LogP contribution in [0.3, 0.4) is 0 Å². The molecule has 2 aromatic rings. The molecule has 1 saturated heterocycles. The van der Waals surface area contributed by atoms with Crippen molar-refractivity contribution in [1.29, 1.82) is 0 Å². The minimum absolute atomic E-state index is 0.00761. The number of fused-ring (bicyclic) bond motifs is 1. The molecule has 1 aromatic heterocycles. The van der Waals surface area contributed by atoms with Gasteiger partial charge in [-0.25, -0.2) is 0 Å². The molecule has 25 heavy (non-hydrogen) atoms. The van der Waals surface area contributed by atoms with Gasteiger partial charge in [0, 0.05) is 6.54 Å². The Labute approximate surface area is 148 Å². The number of amides is 2. The quantitative estimate of drug-likeness (QED) is 0.394. The number of nitrogens with one attached hydrogen (secondary N) is 1. The standard InChI is InChI=1S/C18H14N2O4S/c1-3-6-20-17(23)13(16(22)19-18(20)25)8-11-9-24-14-5-4-10(2)7-12(14)15(11)21/h3-5,7-9H,1,6H2,2H3,(H,19,22,25)/b13-8+. The van der Waals surface area contributed by atoms with E-state index in [9.17, 15) is 14.4 Å². The van der Waals surface area contributed by atoms with Crippen LogP contribution < -0.4 is 10.7 Å². The highest BCUT2D eigenvalue weighted by Gasteiger charge is 2.32. The number of hydrogen-bond acceptors (Lipinski definition) is 5. The highest BCUT2D eigenvalue weighted by atomic mass is 32.1. The van der Waals surface area contributed by atoms with Gasteiger partial charge in [-0.05, 0) is 37.4 Å². The Kier molecular flexibility index (Phi) is 4.33. The molecule has 3 rings (SSSR count). The number of thiocarbonyl (C=S) groups is 1. The average molecular weight is 354 g/mol. The monoisotopic (exact) mass is 354 g/mol. The first-order valence-corrected chi connectivity index (χ1v) is 7.85. The van der Waals surface area contributed by atoms with Crippen LogP contribution in [-0.4, -0.2) is 28.4 Å². The molecule has 1 N–H and O–H groups in total. The number of carbonyl (C=O) groups is 2. The van der Waals surface area contributed by atoms with Gasteiger partial charge in [0.05, 0.1) is 10.9 Å². The maximum Gasteiger partial charge on any atom is 0.265 e. The van der Waals surface area contributed by atoms with E-state index in [2.05, 4.69) is 11.9 Å². The Balaban J connectivity index is 2.11. The number of nitrogens with zero attached hydrogens (tertiary/aromatic N) is 1. The molecule has 7 heteroatoms. The minimum atomic E-state index is -0.654. The van der Waals surface area contributed by atoms with E-state index in [4.69, 9.17) is 16.6 Å². The summed E-state index contributed by atoms with van der Waals surface area (Å²) in [5.41, 5.74) is 0.949. The van der Waals surface area contributed by atoms with E-state index < -0.39 is 11.8 Å². The van der Waals surface area contributed by atoms with Crippen LogP contribution in [0.25, 0.3) is 17.0 Å². The van der Waals surface area contributed by atoms with Crippen LogP contribution in [0.5, 0.6) is 0 Å². The summed E-state index contributed by atoms with van der Waals surface area (Å²) in [5.74, 6) is -1.24. The van der Waals surface area contributed by atoms with Crippen LogP contribution in [0.15, 0.2) is 51.9 Å². The molecule has 2 heterocycles. The predicted molar refractivity (Wildman–Crippen MR) is 97.8 cm³/mol. The van der Waals surface area contributed by atoms with E-state index in [0.29, 0.717) is 11.0 Å². The first kappa shape index (κ1) is 16.8. The molecule has 1 aliphatic rings. The first-order valence-electron chi connectivity index (χ1n) is 7.44. The summed E-state index contributed by atoms with van der Waals surface area (Å²) in [6, 6.07) is 5.23. The van der Waals surface area contributed by atoms with Crippen LogP contribution in [0.4, 0.5) is 0 Å². The molecule has 126 valence electrons. The van der Waals surface area contributed by atoms with Gasteiger partial charge in [0.1, 0.15) is 17.4 Å². The summed E-state index contributed by atoms with van der Waals surface area (Å²) in [4.78, 5) is 38.5. The zero-order valence-electron chi connectivity index (χ0n) is 13.4. The molecule has 2 amide bonds. The SMILES string of the molecule is C=CCN1C(=O)/C(=C/c2coc3ccc(C)cc3c2=O)C(=O)NC1=S. The number of hydrogen-bond donors (Lipinski definition) is 1. The summed E-state index contributed by atoms with van der Waals surface area (Å²) in [6.07, 6.45) is 3.95. The second-order valence-corrected chi connectivity index (χ2v) is 5.93. The van der Waals surface area contributed by atoms with Crippen molar-refractivity contribution in [3.05, 3.63) is 64.0 Å². The molecule has 0 spiro atoms. The van der Waals surface area contributed by atoms with Gasteiger partial charge in [-0.2, -0.15) is 0 Å². The molecule has 0 bridgehead atoms. The Morgan fingerprint density at radius 2 is 2.08 bits per heavy atom. The summed E-state index contributed by atoms with van der Waals surface area (Å²) in [6.45, 7) is 5.57. The maximum atomic E-state index is 12.6. The summed E-state index contributed by atoms with van der Waals surface area (Å²) >= 11 is 4.99. The lowest BCUT2D eigenvalue weighted by molar-refractivity contribution is -0.128. The fourth-order valence-electron chi connectivity index (χ4n) is 2.50. The van der Waals surface area contributed by atoms with Crippen molar-refractivity contribution in [1.82, 2.24) is 10.2 Å². The zero-order valence-corrected chi connectivity index (χ0v) is 14.2. The van der Waals surface area contributed by atoms with Crippen molar-refractivity contribution in [2.45, 2.75) is 6.92 Å². The second-order valence-electron chi connectivity index (χ2n) is 5.54. The molecule has 0 unspecified atom stereocenters. The third kappa shape index (κ3) is 3.01. The highest BCUT2D eigenvalue weighted by molar-refractivity contribution is 7.80. The molecule has 0 atom stereocenters. The van der Waals surface area contributed by atoms with Crippen LogP contribution in [0.1, 0.15) is 11.1 Å². The topological polar surface area (TPSA) is 79.6 Å². The lowest BCUT2D eigenvalue weighted by Gasteiger charge is -2.27. The third-order valence-electron chi connectivity index (χ3n) is 3.75. The summed E-state index contributed by atoms with van der Waals surface area (Å²) in [5, 5.41) is 2.82. The van der Waals surface area contributed by atoms with Gasteiger partial charge in [-0.15, -0.1) is 6.58 Å². The van der Waals surface area contributed by atoms with Crippen LogP contribution in [-0.2, 0) is 9.59 Å². The number of rotatable bonds is 3. The lowest BCUT2D eigenvalue weighted by Crippen LogP contribution is -2.53. The lowest BCUT2D eigenvalue weighted by atomic mass is 10.1. The summed E-state index contributed by atoms with van der Waals surface area (Å²) < 4.78 is 5.44. The largest absolute Gasteiger partial charge is 0.463 e. The van der Waals surface area contributed by atoms with Crippen molar-refractivity contribution in [3.63, 3.8) is 0 Å². The number of carbonyl (C=O) groups excluding carboxylic acids is 2. The van der Waals surface area contributed by atoms with Gasteiger partial charge in [-0.3, -0.25) is 24.6 Å². The molecule has 0 radical (unpaired) electrons. The first-order chi connectivity index (χ1) is 11.9. The Bertz CT molecular complexity index is 1020. The van der Waals surface area contributed by atoms with E-state index in [1.54, 1.807) is 12.1 Å². The average Bonchev–Trinajstić information content (AvgIpc) is 2.57. The number of aryl methyl sites for hydroxylation is 1. The number of benzene rings is 1. The van der Waals surface area contributed by atoms with Crippen molar-refractivity contribution in [2.75, 3.05) is 6.54 Å². The molecule has 1 aromatic carbocycles. The minimum Gasteiger partial charge on any atom is -0.463 e. The highest BCUT2D eigenvalue weighted by Crippen LogP contribution is 2.17. The van der Waals surface area contributed by atoms with Gasteiger partial charge < -0.3 is 4.42 Å². The second kappa shape index (κ2) is 6.45. The smallest absolute Gasteiger partial charge is 0.265 e. The Hall–Kier alpha value is -3.06. The normalized spacial score (nSPS) is 16.4. The molecule has 6 nitrogen and oxygen atoms in total. The van der Waals surface area contributed by atoms with E-state index in [0.717, 1.165) is 5.56 Å². The van der Waals surface area contributed by atoms with E-state index in [-0.39, 0.29) is 28.2 Å². The third-order valence-corrected chi connectivity index (χ3v) is 4.07. The van der Waals surface area contributed by atoms with Crippen LogP contribution in [0, 0.1) is 6.92 Å². The van der Waals surface area contributed by atoms with E-state index in [1.165, 1.54) is 23.3 Å². The van der Waals surface area contributed by atoms with Gasteiger partial charge in [0.2, 0.25) is 0 Å². The van der Waals surface area contributed by atoms with Gasteiger partial charge >= 0.3 is 0 Å². The molecule has 0 saturated carbocycles. The van der Waals surface area contributed by atoms with Crippen molar-refractivity contribution in [3.8, 4) is 0 Å². The van der Waals surface area contributed by atoms with Gasteiger partial charge in [0.15, 0.2) is 10.5 Å². The van der Waals surface area contributed by atoms with Gasteiger partial charge in [-0.1, -0.05) is 17.7 Å². The van der Waals surface area contributed by atoms with Crippen molar-refractivity contribution < 1.29 is 14.0 Å². The van der Waals surface area contributed by atoms with E-state index >= 15 is 0 Å². The fraction of sp³-hybridized carbons (Fsp3) is 0.111. The molecular weight excluding hydrogens is 340 g/mol. The molecule has 1 fully saturated rings. The van der Waals surface area contributed by atoms with Crippen molar-refractivity contribution in [2.24, 2.45) is 0 Å². The Morgan fingerprint density at radius 3 is 2.80 bits per heavy atom. The van der Waals surface area contributed by atoms with Gasteiger partial charge in [0.25, 0.3) is 11.8 Å². The summed E-state index contributed by atoms with van der Waals surface area (Å²) in [7, 11) is 0. The fourth-order valence-corrected chi connectivity index (χ4v) is 2.75. The van der Waals surface area contributed by atoms with Crippen LogP contribution in [0.2, 0.25) is 0 Å². The predicted octanol–water partition coefficient (Wildman–Crippen LogP) is 1.91.